The maximum Gasteiger partial charge on any atom is 0.108 e. The predicted octanol–water partition coefficient (Wildman–Crippen LogP) is 1.83. The van der Waals surface area contributed by atoms with Gasteiger partial charge in [0, 0.05) is 19.1 Å². The second-order valence-electron chi connectivity index (χ2n) is 6.50. The zero-order valence-corrected chi connectivity index (χ0v) is 13.2. The second kappa shape index (κ2) is 7.40. The molecule has 2 atom stereocenters. The molecule has 0 spiro atoms. The van der Waals surface area contributed by atoms with E-state index in [1.54, 1.807) is 0 Å². The van der Waals surface area contributed by atoms with Gasteiger partial charge in [0.15, 0.2) is 0 Å². The van der Waals surface area contributed by atoms with Crippen molar-refractivity contribution in [2.24, 2.45) is 0 Å². The van der Waals surface area contributed by atoms with Gasteiger partial charge in [0.1, 0.15) is 5.54 Å². The van der Waals surface area contributed by atoms with Gasteiger partial charge in [-0.15, -0.1) is 0 Å². The molecule has 1 aliphatic heterocycles. The Labute approximate surface area is 124 Å². The molecule has 4 nitrogen and oxygen atoms in total. The molecule has 0 aromatic rings. The Hall–Kier alpha value is -0.630. The van der Waals surface area contributed by atoms with Crippen molar-refractivity contribution in [3.8, 4) is 6.07 Å². The van der Waals surface area contributed by atoms with Gasteiger partial charge >= 0.3 is 0 Å². The Bertz CT molecular complexity index is 328. The standard InChI is InChI=1S/C16H30N4/c1-3-18-16(14-17)8-6-7-15(13-16)19(2)11-12-20-9-4-5-10-20/h15,18H,3-13H2,1-2H3. The summed E-state index contributed by atoms with van der Waals surface area (Å²) in [6, 6.07) is 3.11. The topological polar surface area (TPSA) is 42.3 Å². The molecule has 20 heavy (non-hydrogen) atoms. The van der Waals surface area contributed by atoms with Gasteiger partial charge in [0.2, 0.25) is 0 Å². The van der Waals surface area contributed by atoms with E-state index >= 15 is 0 Å². The average Bonchev–Trinajstić information content (AvgIpc) is 2.98. The van der Waals surface area contributed by atoms with Crippen molar-refractivity contribution in [1.82, 2.24) is 15.1 Å². The van der Waals surface area contributed by atoms with Gasteiger partial charge < -0.3 is 9.80 Å². The van der Waals surface area contributed by atoms with Crippen molar-refractivity contribution in [1.29, 1.82) is 5.26 Å². The van der Waals surface area contributed by atoms with Crippen LogP contribution in [0, 0.1) is 11.3 Å². The summed E-state index contributed by atoms with van der Waals surface area (Å²) >= 11 is 0. The molecule has 1 saturated heterocycles. The van der Waals surface area contributed by atoms with Gasteiger partial charge in [-0.25, -0.2) is 0 Å². The Morgan fingerprint density at radius 2 is 2.10 bits per heavy atom. The molecule has 1 N–H and O–H groups in total. The van der Waals surface area contributed by atoms with Gasteiger partial charge in [-0.05, 0) is 65.2 Å². The molecule has 0 aromatic carbocycles. The molecule has 0 bridgehead atoms. The molecule has 114 valence electrons. The van der Waals surface area contributed by atoms with Gasteiger partial charge in [-0.2, -0.15) is 5.26 Å². The van der Waals surface area contributed by atoms with Crippen LogP contribution in [-0.2, 0) is 0 Å². The normalized spacial score (nSPS) is 31.6. The van der Waals surface area contributed by atoms with Gasteiger partial charge in [-0.1, -0.05) is 6.92 Å². The Balaban J connectivity index is 1.82. The Kier molecular flexibility index (Phi) is 5.83. The molecular formula is C16H30N4. The number of nitrogens with one attached hydrogen (secondary N) is 1. The highest BCUT2D eigenvalue weighted by atomic mass is 15.2. The lowest BCUT2D eigenvalue weighted by Gasteiger charge is -2.40. The minimum atomic E-state index is -0.278. The second-order valence-corrected chi connectivity index (χ2v) is 6.50. The van der Waals surface area contributed by atoms with Crippen molar-refractivity contribution in [2.45, 2.75) is 57.0 Å². The van der Waals surface area contributed by atoms with E-state index < -0.39 is 0 Å². The Morgan fingerprint density at radius 3 is 2.75 bits per heavy atom. The zero-order valence-electron chi connectivity index (χ0n) is 13.2. The number of hydrogen-bond donors (Lipinski definition) is 1. The predicted molar refractivity (Wildman–Crippen MR) is 82.6 cm³/mol. The smallest absolute Gasteiger partial charge is 0.108 e. The monoisotopic (exact) mass is 278 g/mol. The lowest BCUT2D eigenvalue weighted by molar-refractivity contribution is 0.133. The Morgan fingerprint density at radius 1 is 1.35 bits per heavy atom. The number of nitrogens with zero attached hydrogens (tertiary/aromatic N) is 3. The van der Waals surface area contributed by atoms with Crippen molar-refractivity contribution >= 4 is 0 Å². The fourth-order valence-corrected chi connectivity index (χ4v) is 3.75. The van der Waals surface area contributed by atoms with Crippen molar-refractivity contribution in [3.63, 3.8) is 0 Å². The molecule has 2 fully saturated rings. The van der Waals surface area contributed by atoms with E-state index in [1.807, 2.05) is 0 Å². The van der Waals surface area contributed by atoms with Crippen LogP contribution in [0.15, 0.2) is 0 Å². The van der Waals surface area contributed by atoms with Crippen LogP contribution in [0.3, 0.4) is 0 Å². The maximum absolute atomic E-state index is 9.54. The van der Waals surface area contributed by atoms with Crippen LogP contribution in [0.5, 0.6) is 0 Å². The van der Waals surface area contributed by atoms with Crippen LogP contribution < -0.4 is 5.32 Å². The molecule has 2 unspecified atom stereocenters. The van der Waals surface area contributed by atoms with Crippen molar-refractivity contribution in [2.75, 3.05) is 39.8 Å². The van der Waals surface area contributed by atoms with Crippen LogP contribution in [0.4, 0.5) is 0 Å². The fraction of sp³-hybridized carbons (Fsp3) is 0.938. The highest BCUT2D eigenvalue weighted by Gasteiger charge is 2.37. The highest BCUT2D eigenvalue weighted by molar-refractivity contribution is 5.10. The average molecular weight is 278 g/mol. The van der Waals surface area contributed by atoms with Crippen LogP contribution in [0.25, 0.3) is 0 Å². The number of hydrogen-bond acceptors (Lipinski definition) is 4. The molecule has 0 amide bonds. The van der Waals surface area contributed by atoms with E-state index in [1.165, 1.54) is 45.3 Å². The van der Waals surface area contributed by atoms with Gasteiger partial charge in [0.25, 0.3) is 0 Å². The van der Waals surface area contributed by atoms with E-state index in [0.29, 0.717) is 6.04 Å². The number of rotatable bonds is 6. The summed E-state index contributed by atoms with van der Waals surface area (Å²) in [6.45, 7) is 7.86. The molecule has 0 radical (unpaired) electrons. The first-order valence-corrected chi connectivity index (χ1v) is 8.28. The molecule has 1 heterocycles. The molecule has 2 rings (SSSR count). The summed E-state index contributed by atoms with van der Waals surface area (Å²) in [5, 5.41) is 13.0. The van der Waals surface area contributed by atoms with E-state index in [-0.39, 0.29) is 5.54 Å². The largest absolute Gasteiger partial charge is 0.302 e. The summed E-state index contributed by atoms with van der Waals surface area (Å²) in [7, 11) is 2.24. The first-order chi connectivity index (χ1) is 9.69. The van der Waals surface area contributed by atoms with Crippen LogP contribution in [0.2, 0.25) is 0 Å². The van der Waals surface area contributed by atoms with Crippen LogP contribution in [0.1, 0.15) is 45.4 Å². The minimum Gasteiger partial charge on any atom is -0.302 e. The maximum atomic E-state index is 9.54. The van der Waals surface area contributed by atoms with E-state index in [9.17, 15) is 5.26 Å². The molecule has 1 aliphatic carbocycles. The minimum absolute atomic E-state index is 0.278. The number of likely N-dealkylation sites (tertiary alicyclic amines) is 1. The third kappa shape index (κ3) is 3.94. The number of nitriles is 1. The van der Waals surface area contributed by atoms with Gasteiger partial charge in [-0.3, -0.25) is 5.32 Å². The zero-order chi connectivity index (χ0) is 14.4. The van der Waals surface area contributed by atoms with E-state index in [0.717, 1.165) is 25.9 Å². The molecular weight excluding hydrogens is 248 g/mol. The quantitative estimate of drug-likeness (QED) is 0.805. The summed E-state index contributed by atoms with van der Waals surface area (Å²) in [4.78, 5) is 5.06. The van der Waals surface area contributed by atoms with Crippen molar-refractivity contribution in [3.05, 3.63) is 0 Å². The summed E-state index contributed by atoms with van der Waals surface area (Å²) in [5.41, 5.74) is -0.278. The lowest BCUT2D eigenvalue weighted by atomic mass is 9.79. The van der Waals surface area contributed by atoms with Crippen LogP contribution >= 0.6 is 0 Å². The number of likely N-dealkylation sites (N-methyl/N-ethyl adjacent to an activating group) is 1. The third-order valence-corrected chi connectivity index (χ3v) is 5.05. The molecule has 4 heteroatoms. The first-order valence-electron chi connectivity index (χ1n) is 8.28. The van der Waals surface area contributed by atoms with E-state index in [2.05, 4.69) is 35.2 Å². The molecule has 1 saturated carbocycles. The summed E-state index contributed by atoms with van der Waals surface area (Å²) in [5.74, 6) is 0. The molecule has 2 aliphatic rings. The highest BCUT2D eigenvalue weighted by Crippen LogP contribution is 2.30. The summed E-state index contributed by atoms with van der Waals surface area (Å²) in [6.07, 6.45) is 7.13. The van der Waals surface area contributed by atoms with Crippen LogP contribution in [-0.4, -0.2) is 61.2 Å². The first kappa shape index (κ1) is 15.8. The van der Waals surface area contributed by atoms with Crippen molar-refractivity contribution < 1.29 is 0 Å². The molecule has 0 aromatic heterocycles. The van der Waals surface area contributed by atoms with Gasteiger partial charge in [0.05, 0.1) is 6.07 Å². The third-order valence-electron chi connectivity index (χ3n) is 5.05. The summed E-state index contributed by atoms with van der Waals surface area (Å²) < 4.78 is 0. The lowest BCUT2D eigenvalue weighted by Crippen LogP contribution is -2.52. The fourth-order valence-electron chi connectivity index (χ4n) is 3.75. The van der Waals surface area contributed by atoms with E-state index in [4.69, 9.17) is 0 Å². The SMILES string of the molecule is CCNC1(C#N)CCCC(N(C)CCN2CCCC2)C1.